The van der Waals surface area contributed by atoms with Gasteiger partial charge in [0.15, 0.2) is 0 Å². The highest BCUT2D eigenvalue weighted by Gasteiger charge is 2.41. The SMILES string of the molecule is O=C1NCCC1[C@H](c1c(Cl)cc(-c2ccc(S(=O)(=O)O)cc2)cc1Cl)C1CCc2nc[nH]c2C1. The predicted molar refractivity (Wildman–Crippen MR) is 130 cm³/mol. The summed E-state index contributed by atoms with van der Waals surface area (Å²) in [4.78, 5) is 20.2. The second kappa shape index (κ2) is 9.00. The summed E-state index contributed by atoms with van der Waals surface area (Å²) >= 11 is 13.7. The molecule has 2 aromatic carbocycles. The molecule has 1 aromatic heterocycles. The molecule has 7 nitrogen and oxygen atoms in total. The van der Waals surface area contributed by atoms with Crippen LogP contribution in [0.3, 0.4) is 0 Å². The number of aryl methyl sites for hydroxylation is 1. The summed E-state index contributed by atoms with van der Waals surface area (Å²) in [6.45, 7) is 0.634. The fraction of sp³-hybridized carbons (Fsp3) is 0.333. The Morgan fingerprint density at radius 3 is 2.38 bits per heavy atom. The number of carbonyl (C=O) groups is 1. The third-order valence-corrected chi connectivity index (χ3v) is 8.45. The van der Waals surface area contributed by atoms with E-state index in [1.54, 1.807) is 30.6 Å². The summed E-state index contributed by atoms with van der Waals surface area (Å²) in [5.74, 6) is -0.159. The standard InChI is InChI=1S/C24H23Cl2N3O4S/c25-18-9-15(13-1-4-16(5-2-13)34(31,32)33)10-19(26)23(18)22(17-7-8-27-24(17)30)14-3-6-20-21(11-14)29-12-28-20/h1-2,4-5,9-10,12,14,17,22H,3,6-8,11H2,(H,27,30)(H,28,29)(H,31,32,33)/t14?,17?,22-/m1/s1. The second-order valence-corrected chi connectivity index (χ2v) is 11.1. The minimum absolute atomic E-state index is 0.0254. The van der Waals surface area contributed by atoms with Gasteiger partial charge < -0.3 is 10.3 Å². The Kier molecular flexibility index (Phi) is 6.18. The Bertz CT molecular complexity index is 1330. The molecule has 0 spiro atoms. The summed E-state index contributed by atoms with van der Waals surface area (Å²) in [7, 11) is -4.28. The van der Waals surface area contributed by atoms with Crippen LogP contribution < -0.4 is 5.32 Å². The van der Waals surface area contributed by atoms with Gasteiger partial charge in [0.05, 0.1) is 16.9 Å². The van der Waals surface area contributed by atoms with Gasteiger partial charge in [-0.1, -0.05) is 35.3 Å². The summed E-state index contributed by atoms with van der Waals surface area (Å²) < 4.78 is 31.9. The third-order valence-electron chi connectivity index (χ3n) is 6.96. The van der Waals surface area contributed by atoms with Crippen LogP contribution in [0.1, 0.15) is 35.7 Å². The molecule has 34 heavy (non-hydrogen) atoms. The van der Waals surface area contributed by atoms with E-state index in [2.05, 4.69) is 15.3 Å². The topological polar surface area (TPSA) is 112 Å². The maximum atomic E-state index is 12.8. The number of benzene rings is 2. The average molecular weight is 520 g/mol. The van der Waals surface area contributed by atoms with Gasteiger partial charge in [0.1, 0.15) is 0 Å². The molecule has 1 aliphatic carbocycles. The zero-order valence-electron chi connectivity index (χ0n) is 18.1. The lowest BCUT2D eigenvalue weighted by Crippen LogP contribution is -2.32. The molecule has 0 radical (unpaired) electrons. The first kappa shape index (κ1) is 23.4. The number of hydrogen-bond donors (Lipinski definition) is 3. The van der Waals surface area contributed by atoms with Crippen LogP contribution in [-0.2, 0) is 27.8 Å². The maximum Gasteiger partial charge on any atom is 0.294 e. The Labute approximate surface area is 207 Å². The first-order valence-corrected chi connectivity index (χ1v) is 13.3. The Morgan fingerprint density at radius 1 is 1.06 bits per heavy atom. The summed E-state index contributed by atoms with van der Waals surface area (Å²) in [5.41, 5.74) is 4.37. The van der Waals surface area contributed by atoms with Crippen molar-refractivity contribution in [1.82, 2.24) is 15.3 Å². The van der Waals surface area contributed by atoms with Crippen molar-refractivity contribution in [2.45, 2.75) is 36.5 Å². The van der Waals surface area contributed by atoms with Crippen molar-refractivity contribution in [3.8, 4) is 11.1 Å². The van der Waals surface area contributed by atoms with Gasteiger partial charge in [-0.3, -0.25) is 9.35 Å². The van der Waals surface area contributed by atoms with Crippen LogP contribution in [0.5, 0.6) is 0 Å². The number of H-pyrrole nitrogens is 1. The van der Waals surface area contributed by atoms with Crippen LogP contribution in [0.4, 0.5) is 0 Å². The molecule has 1 fully saturated rings. The molecule has 1 aliphatic heterocycles. The maximum absolute atomic E-state index is 12.8. The average Bonchev–Trinajstić information content (AvgIpc) is 3.44. The normalized spacial score (nSPS) is 21.2. The van der Waals surface area contributed by atoms with E-state index in [4.69, 9.17) is 23.2 Å². The van der Waals surface area contributed by atoms with Crippen molar-refractivity contribution in [2.24, 2.45) is 11.8 Å². The van der Waals surface area contributed by atoms with Crippen molar-refractivity contribution in [1.29, 1.82) is 0 Å². The molecule has 1 saturated heterocycles. The zero-order valence-corrected chi connectivity index (χ0v) is 20.4. The quantitative estimate of drug-likeness (QED) is 0.424. The van der Waals surface area contributed by atoms with E-state index < -0.39 is 10.1 Å². The number of halogens is 2. The number of imidazole rings is 1. The first-order valence-electron chi connectivity index (χ1n) is 11.1. The number of amides is 1. The molecule has 3 aromatic rings. The fourth-order valence-corrected chi connectivity index (χ4v) is 6.56. The van der Waals surface area contributed by atoms with Gasteiger partial charge in [-0.25, -0.2) is 4.98 Å². The second-order valence-electron chi connectivity index (χ2n) is 8.90. The number of aromatic amines is 1. The minimum Gasteiger partial charge on any atom is -0.356 e. The Morgan fingerprint density at radius 2 is 1.76 bits per heavy atom. The van der Waals surface area contributed by atoms with Crippen LogP contribution in [0, 0.1) is 11.8 Å². The van der Waals surface area contributed by atoms with E-state index in [0.717, 1.165) is 48.2 Å². The number of carbonyl (C=O) groups excluding carboxylic acids is 1. The van der Waals surface area contributed by atoms with Crippen LogP contribution in [0.2, 0.25) is 10.0 Å². The molecule has 0 saturated carbocycles. The number of aromatic nitrogens is 2. The third kappa shape index (κ3) is 4.35. The van der Waals surface area contributed by atoms with Crippen LogP contribution in [-0.4, -0.2) is 35.4 Å². The predicted octanol–water partition coefficient (Wildman–Crippen LogP) is 4.66. The van der Waals surface area contributed by atoms with Gasteiger partial charge in [-0.15, -0.1) is 0 Å². The van der Waals surface area contributed by atoms with Gasteiger partial charge >= 0.3 is 0 Å². The van der Waals surface area contributed by atoms with Crippen LogP contribution in [0.15, 0.2) is 47.6 Å². The monoisotopic (exact) mass is 519 g/mol. The zero-order chi connectivity index (χ0) is 24.0. The molecular formula is C24H23Cl2N3O4S. The summed E-state index contributed by atoms with van der Waals surface area (Å²) in [6, 6.07) is 9.44. The van der Waals surface area contributed by atoms with E-state index in [-0.39, 0.29) is 28.6 Å². The molecule has 3 N–H and O–H groups in total. The van der Waals surface area contributed by atoms with Gasteiger partial charge in [-0.2, -0.15) is 8.42 Å². The van der Waals surface area contributed by atoms with Gasteiger partial charge in [-0.05, 0) is 72.6 Å². The van der Waals surface area contributed by atoms with E-state index >= 15 is 0 Å². The fourth-order valence-electron chi connectivity index (χ4n) is 5.34. The van der Waals surface area contributed by atoms with Crippen molar-refractivity contribution in [3.05, 3.63) is 69.7 Å². The van der Waals surface area contributed by atoms with Gasteiger partial charge in [0, 0.05) is 34.1 Å². The molecule has 1 amide bonds. The molecule has 2 heterocycles. The molecule has 2 aliphatic rings. The van der Waals surface area contributed by atoms with Gasteiger partial charge in [0.25, 0.3) is 10.1 Å². The number of fused-ring (bicyclic) bond motifs is 1. The minimum atomic E-state index is -4.28. The van der Waals surface area contributed by atoms with E-state index in [0.29, 0.717) is 22.2 Å². The lowest BCUT2D eigenvalue weighted by Gasteiger charge is -2.34. The van der Waals surface area contributed by atoms with Crippen LogP contribution in [0.25, 0.3) is 11.1 Å². The van der Waals surface area contributed by atoms with Crippen LogP contribution >= 0.6 is 23.2 Å². The lowest BCUT2D eigenvalue weighted by molar-refractivity contribution is -0.123. The lowest BCUT2D eigenvalue weighted by atomic mass is 9.70. The molecule has 3 atom stereocenters. The molecule has 10 heteroatoms. The summed E-state index contributed by atoms with van der Waals surface area (Å²) in [6.07, 6.45) is 4.93. The molecule has 5 rings (SSSR count). The van der Waals surface area contributed by atoms with Crippen molar-refractivity contribution in [3.63, 3.8) is 0 Å². The molecule has 0 bridgehead atoms. The highest BCUT2D eigenvalue weighted by Crippen LogP contribution is 2.47. The Balaban J connectivity index is 1.54. The molecule has 178 valence electrons. The van der Waals surface area contributed by atoms with Crippen molar-refractivity contribution >= 4 is 39.2 Å². The molecule has 2 unspecified atom stereocenters. The van der Waals surface area contributed by atoms with Crippen molar-refractivity contribution in [2.75, 3.05) is 6.54 Å². The molecular weight excluding hydrogens is 497 g/mol. The number of hydrogen-bond acceptors (Lipinski definition) is 4. The summed E-state index contributed by atoms with van der Waals surface area (Å²) in [5, 5.41) is 3.90. The number of rotatable bonds is 5. The van der Waals surface area contributed by atoms with E-state index in [1.807, 2.05) is 0 Å². The van der Waals surface area contributed by atoms with Gasteiger partial charge in [0.2, 0.25) is 5.91 Å². The van der Waals surface area contributed by atoms with E-state index in [1.165, 1.54) is 12.1 Å². The van der Waals surface area contributed by atoms with Crippen molar-refractivity contribution < 1.29 is 17.8 Å². The van der Waals surface area contributed by atoms with E-state index in [9.17, 15) is 17.8 Å². The largest absolute Gasteiger partial charge is 0.356 e. The number of nitrogens with one attached hydrogen (secondary N) is 2. The first-order chi connectivity index (χ1) is 16.2. The highest BCUT2D eigenvalue weighted by molar-refractivity contribution is 7.85. The number of nitrogens with zero attached hydrogens (tertiary/aromatic N) is 1. The Hall–Kier alpha value is -2.39. The smallest absolute Gasteiger partial charge is 0.294 e. The highest BCUT2D eigenvalue weighted by atomic mass is 35.5.